The number of para-hydroxylation sites is 1. The molecule has 0 saturated carbocycles. The van der Waals surface area contributed by atoms with E-state index in [0.717, 1.165) is 40.8 Å². The minimum Gasteiger partial charge on any atom is -0.493 e. The third-order valence-corrected chi connectivity index (χ3v) is 5.47. The van der Waals surface area contributed by atoms with Crippen LogP contribution in [0.15, 0.2) is 52.4 Å². The number of hydrogen-bond acceptors (Lipinski definition) is 4. The maximum absolute atomic E-state index is 13.1. The Morgan fingerprint density at radius 2 is 2.12 bits per heavy atom. The Balaban J connectivity index is 1.71. The Morgan fingerprint density at radius 3 is 2.92 bits per heavy atom. The molecule has 0 aromatic heterocycles. The second-order valence-corrected chi connectivity index (χ2v) is 7.27. The molecule has 26 heavy (non-hydrogen) atoms. The lowest BCUT2D eigenvalue weighted by Crippen LogP contribution is -2.29. The number of anilines is 1. The van der Waals surface area contributed by atoms with Gasteiger partial charge < -0.3 is 4.74 Å². The number of thioether (sulfide) groups is 1. The number of nitrogens with zero attached hydrogens (tertiary/aromatic N) is 2. The van der Waals surface area contributed by atoms with Crippen LogP contribution in [0.25, 0.3) is 6.08 Å². The topological polar surface area (TPSA) is 41.9 Å². The summed E-state index contributed by atoms with van der Waals surface area (Å²) in [6.45, 7) is 5.37. The highest BCUT2D eigenvalue weighted by Crippen LogP contribution is 2.37. The quantitative estimate of drug-likeness (QED) is 0.757. The summed E-state index contributed by atoms with van der Waals surface area (Å²) in [4.78, 5) is 20.1. The zero-order chi connectivity index (χ0) is 18.1. The van der Waals surface area contributed by atoms with E-state index in [0.29, 0.717) is 11.4 Å². The normalized spacial score (nSPS) is 19.3. The van der Waals surface area contributed by atoms with Crippen LogP contribution in [-0.2, 0) is 11.2 Å². The summed E-state index contributed by atoms with van der Waals surface area (Å²) < 4.78 is 5.56. The number of hydrogen-bond donors (Lipinski definition) is 0. The molecule has 0 atom stereocenters. The van der Waals surface area contributed by atoms with Crippen LogP contribution in [0.1, 0.15) is 23.6 Å². The number of benzene rings is 2. The maximum Gasteiger partial charge on any atom is 0.271 e. The van der Waals surface area contributed by atoms with E-state index in [4.69, 9.17) is 4.74 Å². The van der Waals surface area contributed by atoms with Crippen LogP contribution in [0.3, 0.4) is 0 Å². The number of fused-ring (bicyclic) bond motifs is 1. The van der Waals surface area contributed by atoms with Gasteiger partial charge >= 0.3 is 0 Å². The monoisotopic (exact) mass is 364 g/mol. The van der Waals surface area contributed by atoms with Gasteiger partial charge in [0.05, 0.1) is 17.2 Å². The van der Waals surface area contributed by atoms with Crippen LogP contribution < -0.4 is 9.64 Å². The number of rotatable bonds is 3. The molecule has 4 nitrogen and oxygen atoms in total. The highest BCUT2D eigenvalue weighted by molar-refractivity contribution is 8.19. The van der Waals surface area contributed by atoms with Gasteiger partial charge in [-0.15, -0.1) is 0 Å². The van der Waals surface area contributed by atoms with E-state index in [1.807, 2.05) is 56.3 Å². The predicted molar refractivity (Wildman–Crippen MR) is 108 cm³/mol. The van der Waals surface area contributed by atoms with Gasteiger partial charge in [0.15, 0.2) is 5.17 Å². The van der Waals surface area contributed by atoms with Gasteiger partial charge in [0.1, 0.15) is 5.75 Å². The molecule has 4 rings (SSSR count). The first-order valence-corrected chi connectivity index (χ1v) is 9.59. The van der Waals surface area contributed by atoms with Gasteiger partial charge in [-0.2, -0.15) is 0 Å². The van der Waals surface area contributed by atoms with Gasteiger partial charge in [-0.05, 0) is 66.6 Å². The molecule has 2 aliphatic heterocycles. The molecule has 0 unspecified atom stereocenters. The van der Waals surface area contributed by atoms with Crippen molar-refractivity contribution < 1.29 is 9.53 Å². The first-order valence-electron chi connectivity index (χ1n) is 8.77. The maximum atomic E-state index is 13.1. The molecule has 0 radical (unpaired) electrons. The molecule has 2 aromatic carbocycles. The average Bonchev–Trinajstić information content (AvgIpc) is 3.21. The molecule has 2 aliphatic rings. The molecule has 1 saturated heterocycles. The summed E-state index contributed by atoms with van der Waals surface area (Å²) in [7, 11) is 0. The first kappa shape index (κ1) is 16.9. The van der Waals surface area contributed by atoms with E-state index in [9.17, 15) is 4.79 Å². The van der Waals surface area contributed by atoms with Crippen molar-refractivity contribution in [1.29, 1.82) is 0 Å². The Morgan fingerprint density at radius 1 is 1.27 bits per heavy atom. The van der Waals surface area contributed by atoms with Crippen molar-refractivity contribution in [1.82, 2.24) is 0 Å². The number of aryl methyl sites for hydroxylation is 1. The summed E-state index contributed by atoms with van der Waals surface area (Å²) in [6.07, 6.45) is 2.88. The third kappa shape index (κ3) is 3.03. The number of carbonyl (C=O) groups is 1. The lowest BCUT2D eigenvalue weighted by molar-refractivity contribution is -0.113. The molecule has 0 aliphatic carbocycles. The highest BCUT2D eigenvalue weighted by Gasteiger charge is 2.35. The second-order valence-electron chi connectivity index (χ2n) is 6.26. The number of carbonyl (C=O) groups excluding carboxylic acids is 1. The SMILES string of the molecule is CCN=C1S/C(=C\c2ccc3c(c2)CCO3)C(=O)N1c1ccccc1C. The van der Waals surface area contributed by atoms with E-state index < -0.39 is 0 Å². The second kappa shape index (κ2) is 7.00. The smallest absolute Gasteiger partial charge is 0.271 e. The standard InChI is InChI=1S/C21H20N2O2S/c1-3-22-21-23(17-7-5-4-6-14(17)2)20(24)19(26-21)13-15-8-9-18-16(12-15)10-11-25-18/h4-9,12-13H,3,10-11H2,1-2H3/b19-13-,22-21?. The van der Waals surface area contributed by atoms with Crippen molar-refractivity contribution in [3.8, 4) is 5.75 Å². The van der Waals surface area contributed by atoms with Gasteiger partial charge in [-0.25, -0.2) is 0 Å². The van der Waals surface area contributed by atoms with Crippen molar-refractivity contribution in [2.75, 3.05) is 18.1 Å². The zero-order valence-corrected chi connectivity index (χ0v) is 15.7. The fourth-order valence-electron chi connectivity index (χ4n) is 3.19. The molecule has 1 fully saturated rings. The van der Waals surface area contributed by atoms with Gasteiger partial charge in [0.25, 0.3) is 5.91 Å². The minimum atomic E-state index is -0.0201. The molecular formula is C21H20N2O2S. The molecule has 0 bridgehead atoms. The van der Waals surface area contributed by atoms with Crippen LogP contribution in [0, 0.1) is 6.92 Å². The van der Waals surface area contributed by atoms with Gasteiger partial charge in [-0.3, -0.25) is 14.7 Å². The summed E-state index contributed by atoms with van der Waals surface area (Å²) >= 11 is 1.44. The number of aliphatic imine (C=N–C) groups is 1. The van der Waals surface area contributed by atoms with Crippen LogP contribution in [0.5, 0.6) is 5.75 Å². The van der Waals surface area contributed by atoms with E-state index in [-0.39, 0.29) is 5.91 Å². The molecule has 2 aromatic rings. The largest absolute Gasteiger partial charge is 0.493 e. The van der Waals surface area contributed by atoms with Crippen LogP contribution >= 0.6 is 11.8 Å². The van der Waals surface area contributed by atoms with Crippen molar-refractivity contribution >= 4 is 34.6 Å². The number of ether oxygens (including phenoxy) is 1. The number of amidine groups is 1. The lowest BCUT2D eigenvalue weighted by atomic mass is 10.1. The van der Waals surface area contributed by atoms with Gasteiger partial charge in [0, 0.05) is 13.0 Å². The van der Waals surface area contributed by atoms with Crippen LogP contribution in [-0.4, -0.2) is 24.2 Å². The Labute approximate surface area is 157 Å². The fourth-order valence-corrected chi connectivity index (χ4v) is 4.23. The van der Waals surface area contributed by atoms with E-state index in [2.05, 4.69) is 11.1 Å². The summed E-state index contributed by atoms with van der Waals surface area (Å²) in [6, 6.07) is 14.0. The van der Waals surface area contributed by atoms with Gasteiger partial charge in [0.2, 0.25) is 0 Å². The van der Waals surface area contributed by atoms with E-state index in [1.165, 1.54) is 17.3 Å². The minimum absolute atomic E-state index is 0.0201. The average molecular weight is 364 g/mol. The molecule has 0 spiro atoms. The Hall–Kier alpha value is -2.53. The molecule has 1 amide bonds. The molecule has 2 heterocycles. The van der Waals surface area contributed by atoms with Crippen molar-refractivity contribution in [2.45, 2.75) is 20.3 Å². The molecule has 0 N–H and O–H groups in total. The fraction of sp³-hybridized carbons (Fsp3) is 0.238. The van der Waals surface area contributed by atoms with Crippen molar-refractivity contribution in [3.05, 3.63) is 64.1 Å². The zero-order valence-electron chi connectivity index (χ0n) is 14.9. The molecule has 5 heteroatoms. The summed E-state index contributed by atoms with van der Waals surface area (Å²) in [5.41, 5.74) is 4.17. The van der Waals surface area contributed by atoms with Crippen LogP contribution in [0.4, 0.5) is 5.69 Å². The molecule has 132 valence electrons. The molecular weight excluding hydrogens is 344 g/mol. The summed E-state index contributed by atoms with van der Waals surface area (Å²) in [5.74, 6) is 0.931. The van der Waals surface area contributed by atoms with E-state index >= 15 is 0 Å². The van der Waals surface area contributed by atoms with E-state index in [1.54, 1.807) is 4.90 Å². The van der Waals surface area contributed by atoms with Crippen molar-refractivity contribution in [2.24, 2.45) is 4.99 Å². The lowest BCUT2D eigenvalue weighted by Gasteiger charge is -2.17. The summed E-state index contributed by atoms with van der Waals surface area (Å²) in [5, 5.41) is 0.738. The predicted octanol–water partition coefficient (Wildman–Crippen LogP) is 4.43. The van der Waals surface area contributed by atoms with Gasteiger partial charge in [-0.1, -0.05) is 24.3 Å². The number of amides is 1. The van der Waals surface area contributed by atoms with Crippen molar-refractivity contribution in [3.63, 3.8) is 0 Å². The Kier molecular flexibility index (Phi) is 4.55. The first-order chi connectivity index (χ1) is 12.7. The highest BCUT2D eigenvalue weighted by atomic mass is 32.2. The van der Waals surface area contributed by atoms with Crippen LogP contribution in [0.2, 0.25) is 0 Å². The third-order valence-electron chi connectivity index (χ3n) is 4.47. The Bertz CT molecular complexity index is 933.